The number of carbonyl (C=O) groups is 1. The second kappa shape index (κ2) is 9.35. The first-order valence-corrected chi connectivity index (χ1v) is 9.06. The summed E-state index contributed by atoms with van der Waals surface area (Å²) in [4.78, 5) is 16.4. The van der Waals surface area contributed by atoms with Gasteiger partial charge in [0, 0.05) is 22.6 Å². The van der Waals surface area contributed by atoms with Crippen LogP contribution >= 0.6 is 15.9 Å². The van der Waals surface area contributed by atoms with E-state index >= 15 is 0 Å². The Labute approximate surface area is 170 Å². The summed E-state index contributed by atoms with van der Waals surface area (Å²) in [5, 5.41) is 14.8. The van der Waals surface area contributed by atoms with Crippen molar-refractivity contribution in [3.63, 3.8) is 0 Å². The predicted molar refractivity (Wildman–Crippen MR) is 111 cm³/mol. The van der Waals surface area contributed by atoms with E-state index in [1.165, 1.54) is 6.20 Å². The normalized spacial score (nSPS) is 10.6. The zero-order chi connectivity index (χ0) is 19.8. The number of halogens is 1. The second-order valence-corrected chi connectivity index (χ2v) is 6.48. The standard InChI is InChI=1S/C21H15BrN4O2/c22-16-10-11-24-20(12-16)25-14-15(13-23)21(27)26-17-6-8-19(9-7-17)28-18-4-2-1-3-5-18/h1-12,14H,(H,24,25)(H,26,27)/b15-14-. The second-order valence-electron chi connectivity index (χ2n) is 5.57. The number of aromatic nitrogens is 1. The molecule has 0 aliphatic rings. The van der Waals surface area contributed by atoms with Crippen LogP contribution in [0.3, 0.4) is 0 Å². The molecule has 1 amide bonds. The molecular formula is C21H15BrN4O2. The maximum absolute atomic E-state index is 12.3. The fourth-order valence-electron chi connectivity index (χ4n) is 2.21. The molecule has 6 nitrogen and oxygen atoms in total. The van der Waals surface area contributed by atoms with Crippen molar-refractivity contribution in [2.75, 3.05) is 10.6 Å². The summed E-state index contributed by atoms with van der Waals surface area (Å²) in [5.41, 5.74) is 0.471. The Bertz CT molecular complexity index is 1030. The number of rotatable bonds is 6. The highest BCUT2D eigenvalue weighted by molar-refractivity contribution is 9.10. The van der Waals surface area contributed by atoms with Gasteiger partial charge in [-0.25, -0.2) is 4.98 Å². The molecule has 0 spiro atoms. The van der Waals surface area contributed by atoms with E-state index in [2.05, 4.69) is 31.5 Å². The first-order chi connectivity index (χ1) is 13.6. The quantitative estimate of drug-likeness (QED) is 0.416. The molecule has 138 valence electrons. The lowest BCUT2D eigenvalue weighted by Crippen LogP contribution is -2.14. The maximum Gasteiger partial charge on any atom is 0.267 e. The Kier molecular flexibility index (Phi) is 6.39. The van der Waals surface area contributed by atoms with E-state index in [9.17, 15) is 10.1 Å². The molecule has 1 aromatic heterocycles. The van der Waals surface area contributed by atoms with Crippen molar-refractivity contribution in [3.05, 3.63) is 89.2 Å². The van der Waals surface area contributed by atoms with Crippen LogP contribution in [0.2, 0.25) is 0 Å². The number of nitrogens with zero attached hydrogens (tertiary/aromatic N) is 2. The van der Waals surface area contributed by atoms with Crippen LogP contribution < -0.4 is 15.4 Å². The smallest absolute Gasteiger partial charge is 0.267 e. The van der Waals surface area contributed by atoms with Gasteiger partial charge in [0.15, 0.2) is 0 Å². The van der Waals surface area contributed by atoms with E-state index in [4.69, 9.17) is 4.74 Å². The van der Waals surface area contributed by atoms with E-state index in [-0.39, 0.29) is 5.57 Å². The molecular weight excluding hydrogens is 420 g/mol. The number of para-hydroxylation sites is 1. The van der Waals surface area contributed by atoms with Gasteiger partial charge in [-0.2, -0.15) is 5.26 Å². The van der Waals surface area contributed by atoms with Gasteiger partial charge in [-0.1, -0.05) is 34.1 Å². The summed E-state index contributed by atoms with van der Waals surface area (Å²) in [6.07, 6.45) is 2.92. The van der Waals surface area contributed by atoms with Gasteiger partial charge in [0.1, 0.15) is 29.0 Å². The van der Waals surface area contributed by atoms with Crippen molar-refractivity contribution < 1.29 is 9.53 Å². The Balaban J connectivity index is 1.62. The van der Waals surface area contributed by atoms with Crippen molar-refractivity contribution in [1.82, 2.24) is 4.98 Å². The minimum absolute atomic E-state index is 0.0774. The van der Waals surface area contributed by atoms with Crippen LogP contribution in [0.25, 0.3) is 0 Å². The van der Waals surface area contributed by atoms with Gasteiger partial charge in [-0.3, -0.25) is 4.79 Å². The molecule has 3 rings (SSSR count). The van der Waals surface area contributed by atoms with Gasteiger partial charge in [0.25, 0.3) is 5.91 Å². The molecule has 0 aliphatic carbocycles. The molecule has 2 N–H and O–H groups in total. The third kappa shape index (κ3) is 5.43. The van der Waals surface area contributed by atoms with Crippen molar-refractivity contribution in [2.24, 2.45) is 0 Å². The van der Waals surface area contributed by atoms with Crippen LogP contribution in [0, 0.1) is 11.3 Å². The molecule has 28 heavy (non-hydrogen) atoms. The van der Waals surface area contributed by atoms with E-state index in [1.54, 1.807) is 42.6 Å². The van der Waals surface area contributed by atoms with Gasteiger partial charge in [-0.15, -0.1) is 0 Å². The molecule has 0 bridgehead atoms. The lowest BCUT2D eigenvalue weighted by molar-refractivity contribution is -0.112. The average Bonchev–Trinajstić information content (AvgIpc) is 2.71. The van der Waals surface area contributed by atoms with Crippen molar-refractivity contribution >= 4 is 33.3 Å². The maximum atomic E-state index is 12.3. The van der Waals surface area contributed by atoms with E-state index in [0.29, 0.717) is 17.3 Å². The highest BCUT2D eigenvalue weighted by Gasteiger charge is 2.09. The molecule has 3 aromatic rings. The van der Waals surface area contributed by atoms with Crippen LogP contribution in [-0.2, 0) is 4.79 Å². The van der Waals surface area contributed by atoms with Gasteiger partial charge in [0.05, 0.1) is 0 Å². The predicted octanol–water partition coefficient (Wildman–Crippen LogP) is 5.09. The monoisotopic (exact) mass is 434 g/mol. The summed E-state index contributed by atoms with van der Waals surface area (Å²) in [6.45, 7) is 0. The Morgan fingerprint density at radius 1 is 1.07 bits per heavy atom. The average molecular weight is 435 g/mol. The third-order valence-electron chi connectivity index (χ3n) is 3.54. The minimum atomic E-state index is -0.526. The van der Waals surface area contributed by atoms with Crippen LogP contribution in [-0.4, -0.2) is 10.9 Å². The molecule has 0 aliphatic heterocycles. The first-order valence-electron chi connectivity index (χ1n) is 8.27. The minimum Gasteiger partial charge on any atom is -0.457 e. The summed E-state index contributed by atoms with van der Waals surface area (Å²) < 4.78 is 6.54. The van der Waals surface area contributed by atoms with E-state index < -0.39 is 5.91 Å². The number of ether oxygens (including phenoxy) is 1. The lowest BCUT2D eigenvalue weighted by Gasteiger charge is -2.08. The number of nitriles is 1. The number of amides is 1. The van der Waals surface area contributed by atoms with E-state index in [1.807, 2.05) is 36.4 Å². The van der Waals surface area contributed by atoms with E-state index in [0.717, 1.165) is 10.2 Å². The molecule has 0 radical (unpaired) electrons. The van der Waals surface area contributed by atoms with Gasteiger partial charge in [-0.05, 0) is 48.5 Å². The van der Waals surface area contributed by atoms with Crippen LogP contribution in [0.1, 0.15) is 0 Å². The number of hydrogen-bond acceptors (Lipinski definition) is 5. The van der Waals surface area contributed by atoms with Crippen LogP contribution in [0.5, 0.6) is 11.5 Å². The Morgan fingerprint density at radius 2 is 1.79 bits per heavy atom. The lowest BCUT2D eigenvalue weighted by atomic mass is 10.2. The number of nitrogens with one attached hydrogen (secondary N) is 2. The zero-order valence-corrected chi connectivity index (χ0v) is 16.2. The zero-order valence-electron chi connectivity index (χ0n) is 14.6. The number of pyridine rings is 1. The number of carbonyl (C=O) groups excluding carboxylic acids is 1. The van der Waals surface area contributed by atoms with Crippen LogP contribution in [0.15, 0.2) is 89.2 Å². The summed E-state index contributed by atoms with van der Waals surface area (Å²) in [7, 11) is 0. The highest BCUT2D eigenvalue weighted by Crippen LogP contribution is 2.22. The molecule has 1 heterocycles. The molecule has 2 aromatic carbocycles. The first kappa shape index (κ1) is 19.1. The Hall–Kier alpha value is -3.63. The fraction of sp³-hybridized carbons (Fsp3) is 0. The SMILES string of the molecule is N#C/C(=C/Nc1cc(Br)ccn1)C(=O)Nc1ccc(Oc2ccccc2)cc1. The fourth-order valence-corrected chi connectivity index (χ4v) is 2.54. The topological polar surface area (TPSA) is 87.0 Å². The summed E-state index contributed by atoms with van der Waals surface area (Å²) in [6, 6.07) is 21.7. The third-order valence-corrected chi connectivity index (χ3v) is 4.04. The molecule has 0 atom stereocenters. The molecule has 7 heteroatoms. The van der Waals surface area contributed by atoms with Crippen molar-refractivity contribution in [3.8, 4) is 17.6 Å². The highest BCUT2D eigenvalue weighted by atomic mass is 79.9. The number of hydrogen-bond donors (Lipinski definition) is 2. The summed E-state index contributed by atoms with van der Waals surface area (Å²) >= 11 is 3.33. The molecule has 0 saturated heterocycles. The number of benzene rings is 2. The van der Waals surface area contributed by atoms with Gasteiger partial charge >= 0.3 is 0 Å². The molecule has 0 fully saturated rings. The summed E-state index contributed by atoms with van der Waals surface area (Å²) in [5.74, 6) is 1.35. The van der Waals surface area contributed by atoms with Crippen LogP contribution in [0.4, 0.5) is 11.5 Å². The molecule has 0 unspecified atom stereocenters. The van der Waals surface area contributed by atoms with Gasteiger partial charge in [0.2, 0.25) is 0 Å². The Morgan fingerprint density at radius 3 is 2.46 bits per heavy atom. The largest absolute Gasteiger partial charge is 0.457 e. The number of anilines is 2. The van der Waals surface area contributed by atoms with Gasteiger partial charge < -0.3 is 15.4 Å². The van der Waals surface area contributed by atoms with Crippen molar-refractivity contribution in [1.29, 1.82) is 5.26 Å². The van der Waals surface area contributed by atoms with Crippen molar-refractivity contribution in [2.45, 2.75) is 0 Å². The molecule has 0 saturated carbocycles.